The minimum Gasteiger partial charge on any atom is -0.478 e. The van der Waals surface area contributed by atoms with Gasteiger partial charge in [0, 0.05) is 16.7 Å². The topological polar surface area (TPSA) is 49.3 Å². The van der Waals surface area contributed by atoms with E-state index in [9.17, 15) is 9.90 Å². The van der Waals surface area contributed by atoms with Crippen LogP contribution in [0.1, 0.15) is 21.5 Å². The van der Waals surface area contributed by atoms with Crippen molar-refractivity contribution >= 4 is 27.6 Å². The molecule has 0 aromatic heterocycles. The number of hydrogen-bond acceptors (Lipinski definition) is 2. The third kappa shape index (κ3) is 3.58. The maximum absolute atomic E-state index is 11.2. The van der Waals surface area contributed by atoms with Crippen LogP contribution in [0.4, 0.5) is 5.69 Å². The summed E-state index contributed by atoms with van der Waals surface area (Å²) >= 11 is 3.28. The van der Waals surface area contributed by atoms with Crippen LogP contribution in [-0.4, -0.2) is 11.1 Å². The molecule has 0 saturated carbocycles. The largest absolute Gasteiger partial charge is 0.478 e. The number of anilines is 1. The average Bonchev–Trinajstić information content (AvgIpc) is 2.37. The number of benzene rings is 2. The predicted molar refractivity (Wildman–Crippen MR) is 79.6 cm³/mol. The molecular formula is C15H14BrNO2. The predicted octanol–water partition coefficient (Wildman–Crippen LogP) is 4.07. The lowest BCUT2D eigenvalue weighted by molar-refractivity contribution is 0.0698. The molecule has 0 aliphatic rings. The van der Waals surface area contributed by atoms with Crippen LogP contribution >= 0.6 is 15.9 Å². The van der Waals surface area contributed by atoms with E-state index in [1.54, 1.807) is 12.1 Å². The van der Waals surface area contributed by atoms with E-state index in [0.29, 0.717) is 12.2 Å². The number of halogens is 1. The van der Waals surface area contributed by atoms with Crippen LogP contribution in [0, 0.1) is 6.92 Å². The van der Waals surface area contributed by atoms with Crippen molar-refractivity contribution in [2.75, 3.05) is 5.32 Å². The Bertz CT molecular complexity index is 611. The second-order valence-electron chi connectivity index (χ2n) is 4.34. The summed E-state index contributed by atoms with van der Waals surface area (Å²) in [7, 11) is 0. The van der Waals surface area contributed by atoms with Crippen LogP contribution in [0.15, 0.2) is 46.9 Å². The quantitative estimate of drug-likeness (QED) is 0.893. The minimum absolute atomic E-state index is 0.266. The number of aryl methyl sites for hydroxylation is 1. The van der Waals surface area contributed by atoms with Gasteiger partial charge < -0.3 is 10.4 Å². The zero-order valence-corrected chi connectivity index (χ0v) is 12.1. The van der Waals surface area contributed by atoms with Gasteiger partial charge in [-0.1, -0.05) is 45.8 Å². The standard InChI is InChI=1S/C15H14BrNO2/c1-10-3-2-4-11(7-10)9-17-14-6-5-12(16)8-13(14)15(18)19/h2-8,17H,9H2,1H3,(H,18,19). The number of aromatic carboxylic acids is 1. The van der Waals surface area contributed by atoms with Gasteiger partial charge in [0.05, 0.1) is 5.56 Å². The van der Waals surface area contributed by atoms with Gasteiger partial charge in [0.25, 0.3) is 0 Å². The summed E-state index contributed by atoms with van der Waals surface area (Å²) in [6.45, 7) is 2.63. The molecule has 0 spiro atoms. The molecule has 0 fully saturated rings. The summed E-state index contributed by atoms with van der Waals surface area (Å²) in [6.07, 6.45) is 0. The SMILES string of the molecule is Cc1cccc(CNc2ccc(Br)cc2C(=O)O)c1. The highest BCUT2D eigenvalue weighted by atomic mass is 79.9. The monoisotopic (exact) mass is 319 g/mol. The Labute approximate surface area is 120 Å². The van der Waals surface area contributed by atoms with Gasteiger partial charge in [-0.2, -0.15) is 0 Å². The second-order valence-corrected chi connectivity index (χ2v) is 5.25. The lowest BCUT2D eigenvalue weighted by atomic mass is 10.1. The number of nitrogens with one attached hydrogen (secondary N) is 1. The van der Waals surface area contributed by atoms with Crippen molar-refractivity contribution in [3.8, 4) is 0 Å². The molecule has 98 valence electrons. The van der Waals surface area contributed by atoms with Crippen molar-refractivity contribution in [2.45, 2.75) is 13.5 Å². The van der Waals surface area contributed by atoms with E-state index in [-0.39, 0.29) is 5.56 Å². The molecule has 2 rings (SSSR count). The molecule has 0 saturated heterocycles. The maximum Gasteiger partial charge on any atom is 0.337 e. The Morgan fingerprint density at radius 3 is 2.74 bits per heavy atom. The van der Waals surface area contributed by atoms with Gasteiger partial charge in [-0.15, -0.1) is 0 Å². The fourth-order valence-corrected chi connectivity index (χ4v) is 2.23. The Balaban J connectivity index is 2.17. The highest BCUT2D eigenvalue weighted by Crippen LogP contribution is 2.21. The number of rotatable bonds is 4. The van der Waals surface area contributed by atoms with Crippen molar-refractivity contribution in [2.24, 2.45) is 0 Å². The third-order valence-electron chi connectivity index (χ3n) is 2.78. The van der Waals surface area contributed by atoms with Gasteiger partial charge in [0.15, 0.2) is 0 Å². The van der Waals surface area contributed by atoms with Gasteiger partial charge in [-0.25, -0.2) is 4.79 Å². The van der Waals surface area contributed by atoms with Crippen LogP contribution in [0.2, 0.25) is 0 Å². The number of hydrogen-bond donors (Lipinski definition) is 2. The van der Waals surface area contributed by atoms with E-state index < -0.39 is 5.97 Å². The molecule has 19 heavy (non-hydrogen) atoms. The van der Waals surface area contributed by atoms with Gasteiger partial charge in [0.2, 0.25) is 0 Å². The highest BCUT2D eigenvalue weighted by molar-refractivity contribution is 9.10. The van der Waals surface area contributed by atoms with Gasteiger partial charge in [0.1, 0.15) is 0 Å². The Morgan fingerprint density at radius 2 is 2.05 bits per heavy atom. The van der Waals surface area contributed by atoms with Crippen molar-refractivity contribution in [3.05, 3.63) is 63.6 Å². The van der Waals surface area contributed by atoms with E-state index in [2.05, 4.69) is 27.3 Å². The fraction of sp³-hybridized carbons (Fsp3) is 0.133. The normalized spacial score (nSPS) is 10.2. The van der Waals surface area contributed by atoms with E-state index >= 15 is 0 Å². The van der Waals surface area contributed by atoms with Crippen molar-refractivity contribution in [1.29, 1.82) is 0 Å². The molecular weight excluding hydrogens is 306 g/mol. The molecule has 0 bridgehead atoms. The van der Waals surface area contributed by atoms with E-state index in [4.69, 9.17) is 0 Å². The van der Waals surface area contributed by atoms with Crippen molar-refractivity contribution in [1.82, 2.24) is 0 Å². The molecule has 0 unspecified atom stereocenters. The summed E-state index contributed by atoms with van der Waals surface area (Å²) < 4.78 is 0.756. The Morgan fingerprint density at radius 1 is 1.26 bits per heavy atom. The lowest BCUT2D eigenvalue weighted by Crippen LogP contribution is -2.06. The van der Waals surface area contributed by atoms with E-state index in [0.717, 1.165) is 10.0 Å². The number of carboxylic acid groups (broad SMARTS) is 1. The Hall–Kier alpha value is -1.81. The molecule has 2 aromatic carbocycles. The molecule has 0 amide bonds. The highest BCUT2D eigenvalue weighted by Gasteiger charge is 2.10. The maximum atomic E-state index is 11.2. The molecule has 0 heterocycles. The molecule has 2 N–H and O–H groups in total. The fourth-order valence-electron chi connectivity index (χ4n) is 1.87. The zero-order chi connectivity index (χ0) is 13.8. The molecule has 4 heteroatoms. The molecule has 3 nitrogen and oxygen atoms in total. The van der Waals surface area contributed by atoms with Crippen LogP contribution < -0.4 is 5.32 Å². The van der Waals surface area contributed by atoms with Gasteiger partial charge in [-0.3, -0.25) is 0 Å². The summed E-state index contributed by atoms with van der Waals surface area (Å²) in [5, 5.41) is 12.3. The number of carboxylic acids is 1. The first-order valence-electron chi connectivity index (χ1n) is 5.88. The van der Waals surface area contributed by atoms with E-state index in [1.165, 1.54) is 5.56 Å². The first-order chi connectivity index (χ1) is 9.06. The molecule has 0 radical (unpaired) electrons. The minimum atomic E-state index is -0.937. The lowest BCUT2D eigenvalue weighted by Gasteiger charge is -2.10. The van der Waals surface area contributed by atoms with Crippen LogP contribution in [0.25, 0.3) is 0 Å². The smallest absolute Gasteiger partial charge is 0.337 e. The van der Waals surface area contributed by atoms with Gasteiger partial charge >= 0.3 is 5.97 Å². The van der Waals surface area contributed by atoms with Crippen molar-refractivity contribution < 1.29 is 9.90 Å². The summed E-state index contributed by atoms with van der Waals surface area (Å²) in [5.41, 5.74) is 3.20. The summed E-state index contributed by atoms with van der Waals surface area (Å²) in [6, 6.07) is 13.3. The van der Waals surface area contributed by atoms with Crippen LogP contribution in [-0.2, 0) is 6.54 Å². The number of carbonyl (C=O) groups is 1. The molecule has 0 aliphatic heterocycles. The van der Waals surface area contributed by atoms with E-state index in [1.807, 2.05) is 31.2 Å². The first kappa shape index (κ1) is 13.6. The van der Waals surface area contributed by atoms with Crippen LogP contribution in [0.5, 0.6) is 0 Å². The Kier molecular flexibility index (Phi) is 4.22. The molecule has 2 aromatic rings. The second kappa shape index (κ2) is 5.89. The van der Waals surface area contributed by atoms with Crippen molar-refractivity contribution in [3.63, 3.8) is 0 Å². The summed E-state index contributed by atoms with van der Waals surface area (Å²) in [4.78, 5) is 11.2. The van der Waals surface area contributed by atoms with Gasteiger partial charge in [-0.05, 0) is 30.7 Å². The zero-order valence-electron chi connectivity index (χ0n) is 10.5. The molecule has 0 atom stereocenters. The average molecular weight is 320 g/mol. The third-order valence-corrected chi connectivity index (χ3v) is 3.27. The first-order valence-corrected chi connectivity index (χ1v) is 6.68. The summed E-state index contributed by atoms with van der Waals surface area (Å²) in [5.74, 6) is -0.937. The molecule has 0 aliphatic carbocycles. The van der Waals surface area contributed by atoms with Crippen LogP contribution in [0.3, 0.4) is 0 Å².